The van der Waals surface area contributed by atoms with E-state index >= 15 is 0 Å². The molecule has 0 N–H and O–H groups in total. The molecule has 1 rings (SSSR count). The van der Waals surface area contributed by atoms with Crippen LogP contribution in [0.2, 0.25) is 5.02 Å². The van der Waals surface area contributed by atoms with E-state index in [0.717, 1.165) is 5.56 Å². The molecule has 0 saturated carbocycles. The van der Waals surface area contributed by atoms with Crippen LogP contribution in [0.25, 0.3) is 0 Å². The van der Waals surface area contributed by atoms with Gasteiger partial charge in [-0.2, -0.15) is 5.26 Å². The van der Waals surface area contributed by atoms with Crippen LogP contribution in [0, 0.1) is 11.3 Å². The van der Waals surface area contributed by atoms with Gasteiger partial charge in [-0.1, -0.05) is 11.6 Å². The van der Waals surface area contributed by atoms with Crippen molar-refractivity contribution in [2.24, 2.45) is 0 Å². The highest BCUT2D eigenvalue weighted by Gasteiger charge is 1.96. The van der Waals surface area contributed by atoms with Gasteiger partial charge >= 0.3 is 0 Å². The zero-order chi connectivity index (χ0) is 8.27. The summed E-state index contributed by atoms with van der Waals surface area (Å²) in [6.07, 6.45) is 0. The van der Waals surface area contributed by atoms with Crippen molar-refractivity contribution < 1.29 is 0 Å². The molecular formula is C8H5Cl2N. The highest BCUT2D eigenvalue weighted by atomic mass is 35.5. The molecule has 1 aromatic carbocycles. The molecule has 56 valence electrons. The number of hydrogen-bond acceptors (Lipinski definition) is 1. The Kier molecular flexibility index (Phi) is 2.76. The predicted molar refractivity (Wildman–Crippen MR) is 45.7 cm³/mol. The number of nitriles is 1. The maximum atomic E-state index is 8.53. The lowest BCUT2D eigenvalue weighted by Crippen LogP contribution is -1.80. The Labute approximate surface area is 75.2 Å². The van der Waals surface area contributed by atoms with Crippen molar-refractivity contribution in [2.45, 2.75) is 5.88 Å². The minimum atomic E-state index is 0.384. The van der Waals surface area contributed by atoms with E-state index < -0.39 is 0 Å². The fourth-order valence-corrected chi connectivity index (χ4v) is 1.20. The molecule has 0 aliphatic carbocycles. The van der Waals surface area contributed by atoms with E-state index in [-0.39, 0.29) is 0 Å². The smallest absolute Gasteiger partial charge is 0.0992 e. The van der Waals surface area contributed by atoms with Crippen molar-refractivity contribution >= 4 is 23.2 Å². The number of hydrogen-bond donors (Lipinski definition) is 0. The standard InChI is InChI=1S/C8H5Cl2N/c9-4-6-1-7(5-11)3-8(10)2-6/h1-3H,4H2. The van der Waals surface area contributed by atoms with Crippen LogP contribution in [0.3, 0.4) is 0 Å². The Balaban J connectivity index is 3.15. The molecule has 0 unspecified atom stereocenters. The summed E-state index contributed by atoms with van der Waals surface area (Å²) in [4.78, 5) is 0. The predicted octanol–water partition coefficient (Wildman–Crippen LogP) is 2.95. The van der Waals surface area contributed by atoms with Crippen molar-refractivity contribution in [2.75, 3.05) is 0 Å². The van der Waals surface area contributed by atoms with Gasteiger partial charge in [-0.05, 0) is 23.8 Å². The van der Waals surface area contributed by atoms with Gasteiger partial charge in [-0.3, -0.25) is 0 Å². The first kappa shape index (κ1) is 8.39. The van der Waals surface area contributed by atoms with E-state index in [2.05, 4.69) is 0 Å². The zero-order valence-electron chi connectivity index (χ0n) is 5.64. The number of nitrogens with zero attached hydrogens (tertiary/aromatic N) is 1. The van der Waals surface area contributed by atoms with Crippen LogP contribution in [-0.2, 0) is 5.88 Å². The van der Waals surface area contributed by atoms with Crippen molar-refractivity contribution in [3.63, 3.8) is 0 Å². The first-order valence-corrected chi connectivity index (χ1v) is 3.93. The summed E-state index contributed by atoms with van der Waals surface area (Å²) < 4.78 is 0. The second kappa shape index (κ2) is 3.61. The third-order valence-electron chi connectivity index (χ3n) is 1.24. The first-order chi connectivity index (χ1) is 5.26. The maximum absolute atomic E-state index is 8.53. The molecule has 0 fully saturated rings. The van der Waals surface area contributed by atoms with E-state index in [1.807, 2.05) is 6.07 Å². The molecule has 0 aliphatic heterocycles. The summed E-state index contributed by atoms with van der Waals surface area (Å²) >= 11 is 11.3. The van der Waals surface area contributed by atoms with Gasteiger partial charge in [0.05, 0.1) is 11.6 Å². The van der Waals surface area contributed by atoms with E-state index in [1.54, 1.807) is 18.2 Å². The Morgan fingerprint density at radius 2 is 2.09 bits per heavy atom. The normalized spacial score (nSPS) is 9.18. The average Bonchev–Trinajstić information content (AvgIpc) is 2.03. The number of rotatable bonds is 1. The van der Waals surface area contributed by atoms with Crippen molar-refractivity contribution in [1.82, 2.24) is 0 Å². The van der Waals surface area contributed by atoms with Crippen LogP contribution >= 0.6 is 23.2 Å². The van der Waals surface area contributed by atoms with Crippen molar-refractivity contribution in [1.29, 1.82) is 5.26 Å². The summed E-state index contributed by atoms with van der Waals surface area (Å²) in [7, 11) is 0. The molecule has 0 heterocycles. The van der Waals surface area contributed by atoms with Gasteiger partial charge < -0.3 is 0 Å². The molecule has 0 bridgehead atoms. The second-order valence-corrected chi connectivity index (χ2v) is 2.80. The molecule has 0 aromatic heterocycles. The van der Waals surface area contributed by atoms with Crippen LogP contribution in [0.15, 0.2) is 18.2 Å². The number of benzene rings is 1. The van der Waals surface area contributed by atoms with E-state index in [9.17, 15) is 0 Å². The van der Waals surface area contributed by atoms with E-state index in [0.29, 0.717) is 16.5 Å². The van der Waals surface area contributed by atoms with Gasteiger partial charge in [0.15, 0.2) is 0 Å². The molecule has 0 radical (unpaired) electrons. The maximum Gasteiger partial charge on any atom is 0.0992 e. The second-order valence-electron chi connectivity index (χ2n) is 2.09. The molecule has 0 aliphatic rings. The molecule has 0 amide bonds. The van der Waals surface area contributed by atoms with Crippen LogP contribution in [0.4, 0.5) is 0 Å². The third-order valence-corrected chi connectivity index (χ3v) is 1.77. The molecule has 0 spiro atoms. The molecule has 3 heteroatoms. The molecule has 0 saturated heterocycles. The number of halogens is 2. The highest BCUT2D eigenvalue weighted by Crippen LogP contribution is 2.15. The largest absolute Gasteiger partial charge is 0.192 e. The van der Waals surface area contributed by atoms with Crippen LogP contribution in [0.1, 0.15) is 11.1 Å². The Morgan fingerprint density at radius 3 is 2.64 bits per heavy atom. The molecule has 1 nitrogen and oxygen atoms in total. The summed E-state index contributed by atoms with van der Waals surface area (Å²) in [5.41, 5.74) is 1.42. The van der Waals surface area contributed by atoms with E-state index in [4.69, 9.17) is 28.5 Å². The Morgan fingerprint density at radius 1 is 1.36 bits per heavy atom. The Bertz CT molecular complexity index is 301. The fourth-order valence-electron chi connectivity index (χ4n) is 0.792. The highest BCUT2D eigenvalue weighted by molar-refractivity contribution is 6.30. The fraction of sp³-hybridized carbons (Fsp3) is 0.125. The quantitative estimate of drug-likeness (QED) is 0.618. The third kappa shape index (κ3) is 2.11. The van der Waals surface area contributed by atoms with E-state index in [1.165, 1.54) is 0 Å². The molecular weight excluding hydrogens is 181 g/mol. The zero-order valence-corrected chi connectivity index (χ0v) is 7.15. The summed E-state index contributed by atoms with van der Waals surface area (Å²) in [6, 6.07) is 7.07. The lowest BCUT2D eigenvalue weighted by Gasteiger charge is -1.96. The van der Waals surface area contributed by atoms with Crippen LogP contribution in [-0.4, -0.2) is 0 Å². The van der Waals surface area contributed by atoms with Gasteiger partial charge in [0.2, 0.25) is 0 Å². The minimum absolute atomic E-state index is 0.384. The molecule has 1 aromatic rings. The van der Waals surface area contributed by atoms with Crippen LogP contribution < -0.4 is 0 Å². The SMILES string of the molecule is N#Cc1cc(Cl)cc(CCl)c1. The lowest BCUT2D eigenvalue weighted by molar-refractivity contribution is 1.38. The van der Waals surface area contributed by atoms with Crippen molar-refractivity contribution in [3.8, 4) is 6.07 Å². The van der Waals surface area contributed by atoms with Gasteiger partial charge in [0.25, 0.3) is 0 Å². The lowest BCUT2D eigenvalue weighted by atomic mass is 10.2. The van der Waals surface area contributed by atoms with Crippen LogP contribution in [0.5, 0.6) is 0 Å². The number of alkyl halides is 1. The minimum Gasteiger partial charge on any atom is -0.192 e. The monoisotopic (exact) mass is 185 g/mol. The summed E-state index contributed by atoms with van der Waals surface area (Å²) in [5.74, 6) is 0.384. The summed E-state index contributed by atoms with van der Waals surface area (Å²) in [5, 5.41) is 9.09. The van der Waals surface area contributed by atoms with Gasteiger partial charge in [-0.15, -0.1) is 11.6 Å². The van der Waals surface area contributed by atoms with Gasteiger partial charge in [0.1, 0.15) is 0 Å². The topological polar surface area (TPSA) is 23.8 Å². The van der Waals surface area contributed by atoms with Gasteiger partial charge in [0, 0.05) is 10.9 Å². The first-order valence-electron chi connectivity index (χ1n) is 3.02. The van der Waals surface area contributed by atoms with Crippen molar-refractivity contribution in [3.05, 3.63) is 34.3 Å². The Hall–Kier alpha value is -0.710. The average molecular weight is 186 g/mol. The van der Waals surface area contributed by atoms with Gasteiger partial charge in [-0.25, -0.2) is 0 Å². The summed E-state index contributed by atoms with van der Waals surface area (Å²) in [6.45, 7) is 0. The molecule has 11 heavy (non-hydrogen) atoms. The molecule has 0 atom stereocenters.